The van der Waals surface area contributed by atoms with Gasteiger partial charge in [-0.15, -0.1) is 0 Å². The number of hydrogen-bond donors (Lipinski definition) is 0. The Morgan fingerprint density at radius 2 is 1.68 bits per heavy atom. The zero-order valence-corrected chi connectivity index (χ0v) is 14.0. The Balaban J connectivity index is 2.21. The van der Waals surface area contributed by atoms with Crippen molar-refractivity contribution in [1.29, 1.82) is 0 Å². The first-order chi connectivity index (χ1) is 12.0. The maximum Gasteiger partial charge on any atom is 0.336 e. The summed E-state index contributed by atoms with van der Waals surface area (Å²) in [5.41, 5.74) is 1.29. The molecular weight excluding hydrogens is 324 g/mol. The lowest BCUT2D eigenvalue weighted by molar-refractivity contribution is -0.131. The zero-order chi connectivity index (χ0) is 18.0. The number of ether oxygens (including phenoxy) is 3. The van der Waals surface area contributed by atoms with Gasteiger partial charge in [0.25, 0.3) is 0 Å². The predicted molar refractivity (Wildman–Crippen MR) is 92.3 cm³/mol. The summed E-state index contributed by atoms with van der Waals surface area (Å²) in [6.45, 7) is 1.34. The summed E-state index contributed by atoms with van der Waals surface area (Å²) in [5.74, 6) is 1.08. The molecule has 0 radical (unpaired) electrons. The minimum atomic E-state index is -0.484. The van der Waals surface area contributed by atoms with Crippen molar-refractivity contribution in [3.05, 3.63) is 52.9 Å². The van der Waals surface area contributed by atoms with E-state index in [0.29, 0.717) is 33.8 Å². The Hall–Kier alpha value is -3.28. The van der Waals surface area contributed by atoms with Gasteiger partial charge in [0.05, 0.1) is 19.6 Å². The molecule has 0 atom stereocenters. The van der Waals surface area contributed by atoms with Crippen LogP contribution in [-0.2, 0) is 4.79 Å². The van der Waals surface area contributed by atoms with Gasteiger partial charge in [0.2, 0.25) is 0 Å². The highest BCUT2D eigenvalue weighted by atomic mass is 16.5. The van der Waals surface area contributed by atoms with Crippen LogP contribution < -0.4 is 19.8 Å². The third-order valence-electron chi connectivity index (χ3n) is 3.66. The molecule has 1 heterocycles. The van der Waals surface area contributed by atoms with E-state index in [9.17, 15) is 9.59 Å². The normalized spacial score (nSPS) is 10.5. The van der Waals surface area contributed by atoms with Gasteiger partial charge >= 0.3 is 11.6 Å². The van der Waals surface area contributed by atoms with E-state index in [2.05, 4.69) is 0 Å². The second-order valence-electron chi connectivity index (χ2n) is 5.30. The molecule has 0 N–H and O–H groups in total. The summed E-state index contributed by atoms with van der Waals surface area (Å²) >= 11 is 0. The molecule has 0 aliphatic carbocycles. The third-order valence-corrected chi connectivity index (χ3v) is 3.66. The Labute approximate surface area is 143 Å². The molecule has 0 unspecified atom stereocenters. The molecule has 1 aromatic heterocycles. The molecule has 2 aromatic carbocycles. The number of fused-ring (bicyclic) bond motifs is 1. The van der Waals surface area contributed by atoms with Gasteiger partial charge in [-0.3, -0.25) is 4.79 Å². The summed E-state index contributed by atoms with van der Waals surface area (Å²) in [6, 6.07) is 11.6. The molecule has 6 nitrogen and oxygen atoms in total. The lowest BCUT2D eigenvalue weighted by atomic mass is 10.0. The molecule has 0 fully saturated rings. The molecule has 0 amide bonds. The predicted octanol–water partition coefficient (Wildman–Crippen LogP) is 3.40. The van der Waals surface area contributed by atoms with E-state index in [1.807, 2.05) is 0 Å². The van der Waals surface area contributed by atoms with Crippen LogP contribution in [-0.4, -0.2) is 20.2 Å². The summed E-state index contributed by atoms with van der Waals surface area (Å²) in [5, 5.41) is 0.656. The lowest BCUT2D eigenvalue weighted by Gasteiger charge is -2.12. The minimum absolute atomic E-state index is 0.364. The monoisotopic (exact) mass is 340 g/mol. The fraction of sp³-hybridized carbons (Fsp3) is 0.158. The van der Waals surface area contributed by atoms with Crippen LogP contribution in [0.5, 0.6) is 17.2 Å². The van der Waals surface area contributed by atoms with Gasteiger partial charge in [-0.2, -0.15) is 0 Å². The molecule has 0 aliphatic rings. The molecule has 25 heavy (non-hydrogen) atoms. The van der Waals surface area contributed by atoms with Crippen molar-refractivity contribution < 1.29 is 23.4 Å². The largest absolute Gasteiger partial charge is 0.496 e. The summed E-state index contributed by atoms with van der Waals surface area (Å²) in [6.07, 6.45) is 0. The first kappa shape index (κ1) is 16.6. The van der Waals surface area contributed by atoms with Crippen LogP contribution in [0.15, 0.2) is 51.7 Å². The van der Waals surface area contributed by atoms with E-state index in [1.165, 1.54) is 27.2 Å². The second kappa shape index (κ2) is 6.68. The van der Waals surface area contributed by atoms with Crippen molar-refractivity contribution in [3.63, 3.8) is 0 Å². The number of esters is 1. The second-order valence-corrected chi connectivity index (χ2v) is 5.30. The summed E-state index contributed by atoms with van der Waals surface area (Å²) < 4.78 is 21.0. The zero-order valence-electron chi connectivity index (χ0n) is 14.0. The van der Waals surface area contributed by atoms with E-state index in [4.69, 9.17) is 18.6 Å². The molecule has 0 aliphatic heterocycles. The van der Waals surface area contributed by atoms with E-state index >= 15 is 0 Å². The van der Waals surface area contributed by atoms with Gasteiger partial charge in [0.1, 0.15) is 22.8 Å². The molecule has 0 spiro atoms. The SMILES string of the molecule is COc1cc(OC)c2c(-c3ccc(OC(C)=O)cc3)cc(=O)oc2c1. The van der Waals surface area contributed by atoms with Crippen molar-refractivity contribution >= 4 is 16.9 Å². The van der Waals surface area contributed by atoms with Crippen LogP contribution in [0.3, 0.4) is 0 Å². The Bertz CT molecular complexity index is 985. The average Bonchev–Trinajstić information content (AvgIpc) is 2.59. The van der Waals surface area contributed by atoms with Gasteiger partial charge in [0.15, 0.2) is 0 Å². The van der Waals surface area contributed by atoms with E-state index in [-0.39, 0.29) is 0 Å². The number of rotatable bonds is 4. The summed E-state index contributed by atoms with van der Waals surface area (Å²) in [4.78, 5) is 23.0. The number of carbonyl (C=O) groups excluding carboxylic acids is 1. The van der Waals surface area contributed by atoms with Crippen molar-refractivity contribution in [2.24, 2.45) is 0 Å². The molecule has 6 heteroatoms. The van der Waals surface area contributed by atoms with Crippen molar-refractivity contribution in [2.75, 3.05) is 14.2 Å². The summed E-state index contributed by atoms with van der Waals surface area (Å²) in [7, 11) is 3.06. The maximum atomic E-state index is 12.0. The van der Waals surface area contributed by atoms with Crippen molar-refractivity contribution in [3.8, 4) is 28.4 Å². The van der Waals surface area contributed by atoms with Crippen LogP contribution in [0.2, 0.25) is 0 Å². The van der Waals surface area contributed by atoms with Crippen LogP contribution in [0.1, 0.15) is 6.92 Å². The third kappa shape index (κ3) is 3.33. The molecule has 3 aromatic rings. The van der Waals surface area contributed by atoms with E-state index in [1.54, 1.807) is 36.4 Å². The molecule has 3 rings (SSSR count). The topological polar surface area (TPSA) is 75.0 Å². The highest BCUT2D eigenvalue weighted by molar-refractivity contribution is 5.98. The quantitative estimate of drug-likeness (QED) is 0.412. The average molecular weight is 340 g/mol. The smallest absolute Gasteiger partial charge is 0.336 e. The van der Waals surface area contributed by atoms with Crippen molar-refractivity contribution in [1.82, 2.24) is 0 Å². The van der Waals surface area contributed by atoms with Crippen LogP contribution in [0, 0.1) is 0 Å². The van der Waals surface area contributed by atoms with Gasteiger partial charge in [-0.1, -0.05) is 12.1 Å². The highest BCUT2D eigenvalue weighted by Crippen LogP contribution is 2.37. The number of hydrogen-bond acceptors (Lipinski definition) is 6. The Kier molecular flexibility index (Phi) is 4.43. The fourth-order valence-electron chi connectivity index (χ4n) is 2.61. The van der Waals surface area contributed by atoms with Crippen LogP contribution >= 0.6 is 0 Å². The van der Waals surface area contributed by atoms with Crippen LogP contribution in [0.25, 0.3) is 22.1 Å². The van der Waals surface area contributed by atoms with Gasteiger partial charge in [-0.25, -0.2) is 4.79 Å². The first-order valence-corrected chi connectivity index (χ1v) is 7.50. The van der Waals surface area contributed by atoms with Crippen LogP contribution in [0.4, 0.5) is 0 Å². The Morgan fingerprint density at radius 3 is 2.28 bits per heavy atom. The fourth-order valence-corrected chi connectivity index (χ4v) is 2.61. The minimum Gasteiger partial charge on any atom is -0.496 e. The maximum absolute atomic E-state index is 12.0. The van der Waals surface area contributed by atoms with E-state index in [0.717, 1.165) is 5.56 Å². The number of carbonyl (C=O) groups is 1. The lowest BCUT2D eigenvalue weighted by Crippen LogP contribution is -2.02. The van der Waals surface area contributed by atoms with E-state index < -0.39 is 11.6 Å². The van der Waals surface area contributed by atoms with Crippen molar-refractivity contribution in [2.45, 2.75) is 6.92 Å². The molecule has 0 saturated heterocycles. The van der Waals surface area contributed by atoms with Gasteiger partial charge in [-0.05, 0) is 17.7 Å². The molecule has 128 valence electrons. The Morgan fingerprint density at radius 1 is 0.960 bits per heavy atom. The molecule has 0 saturated carbocycles. The molecule has 0 bridgehead atoms. The standard InChI is InChI=1S/C19H16O6/c1-11(20)24-13-6-4-12(5-7-13)15-10-18(21)25-17-9-14(22-2)8-16(23-3)19(15)17/h4-10H,1-3H3. The van der Waals surface area contributed by atoms with Gasteiger partial charge < -0.3 is 18.6 Å². The number of benzene rings is 2. The van der Waals surface area contributed by atoms with Gasteiger partial charge in [0, 0.05) is 30.7 Å². The highest BCUT2D eigenvalue weighted by Gasteiger charge is 2.15. The molecular formula is C19H16O6. The first-order valence-electron chi connectivity index (χ1n) is 7.50. The number of methoxy groups -OCH3 is 2.